The molecule has 186 valence electrons. The number of ether oxygens (including phenoxy) is 1. The first-order valence-corrected chi connectivity index (χ1v) is 12.0. The Hall–Kier alpha value is -4.58. The maximum Gasteiger partial charge on any atom is 0.300 e. The average molecular weight is 494 g/mol. The number of aliphatic hydroxyl groups is 1. The van der Waals surface area contributed by atoms with Gasteiger partial charge in [-0.1, -0.05) is 36.4 Å². The van der Waals surface area contributed by atoms with Crippen LogP contribution in [0.5, 0.6) is 5.75 Å². The van der Waals surface area contributed by atoms with Gasteiger partial charge in [0, 0.05) is 11.3 Å². The van der Waals surface area contributed by atoms with E-state index in [2.05, 4.69) is 0 Å². The van der Waals surface area contributed by atoms with E-state index in [-0.39, 0.29) is 11.3 Å². The van der Waals surface area contributed by atoms with Crippen LogP contribution in [-0.4, -0.2) is 16.8 Å². The third-order valence-corrected chi connectivity index (χ3v) is 6.71. The van der Waals surface area contributed by atoms with E-state index in [1.807, 2.05) is 63.2 Å². The Morgan fingerprint density at radius 2 is 1.68 bits per heavy atom. The third-order valence-electron chi connectivity index (χ3n) is 6.71. The average Bonchev–Trinajstić information content (AvgIpc) is 3.52. The van der Waals surface area contributed by atoms with Gasteiger partial charge in [-0.05, 0) is 85.5 Å². The first-order valence-electron chi connectivity index (χ1n) is 12.0. The first-order chi connectivity index (χ1) is 17.8. The van der Waals surface area contributed by atoms with Gasteiger partial charge in [-0.25, -0.2) is 0 Å². The molecule has 0 bridgehead atoms. The van der Waals surface area contributed by atoms with Crippen molar-refractivity contribution in [1.29, 1.82) is 0 Å². The SMILES string of the molecule is Cc1ccc(N2C(=O)C(=O)/C(=C(\O)c3ccc(OCc4ccccc4)c(C)c3)C2c2ccco2)cc1C. The van der Waals surface area contributed by atoms with Gasteiger partial charge < -0.3 is 14.3 Å². The zero-order valence-corrected chi connectivity index (χ0v) is 20.9. The number of anilines is 1. The molecule has 1 saturated heterocycles. The van der Waals surface area contributed by atoms with E-state index in [1.54, 1.807) is 36.4 Å². The molecule has 0 saturated carbocycles. The lowest BCUT2D eigenvalue weighted by Crippen LogP contribution is -2.29. The summed E-state index contributed by atoms with van der Waals surface area (Å²) in [6, 6.07) is 23.1. The van der Waals surface area contributed by atoms with Crippen molar-refractivity contribution in [2.75, 3.05) is 4.90 Å². The highest BCUT2D eigenvalue weighted by molar-refractivity contribution is 6.51. The van der Waals surface area contributed by atoms with Crippen molar-refractivity contribution in [3.63, 3.8) is 0 Å². The number of ketones is 1. The lowest BCUT2D eigenvalue weighted by Gasteiger charge is -2.24. The summed E-state index contributed by atoms with van der Waals surface area (Å²) < 4.78 is 11.6. The zero-order chi connectivity index (χ0) is 26.1. The van der Waals surface area contributed by atoms with Gasteiger partial charge in [-0.3, -0.25) is 14.5 Å². The van der Waals surface area contributed by atoms with E-state index in [1.165, 1.54) is 11.2 Å². The number of hydrogen-bond acceptors (Lipinski definition) is 5. The van der Waals surface area contributed by atoms with E-state index in [4.69, 9.17) is 9.15 Å². The molecule has 1 amide bonds. The molecule has 37 heavy (non-hydrogen) atoms. The van der Waals surface area contributed by atoms with Crippen LogP contribution in [0.25, 0.3) is 5.76 Å². The maximum atomic E-state index is 13.3. The van der Waals surface area contributed by atoms with Crippen LogP contribution in [0.2, 0.25) is 0 Å². The quantitative estimate of drug-likeness (QED) is 0.191. The van der Waals surface area contributed by atoms with Crippen LogP contribution in [0.4, 0.5) is 5.69 Å². The minimum Gasteiger partial charge on any atom is -0.507 e. The summed E-state index contributed by atoms with van der Waals surface area (Å²) in [5.41, 5.74) is 4.84. The molecular formula is C31H27NO5. The molecule has 1 fully saturated rings. The minimum absolute atomic E-state index is 0.0180. The monoisotopic (exact) mass is 493 g/mol. The second kappa shape index (κ2) is 9.82. The van der Waals surface area contributed by atoms with Gasteiger partial charge in [0.25, 0.3) is 11.7 Å². The molecule has 5 rings (SSSR count). The number of amides is 1. The summed E-state index contributed by atoms with van der Waals surface area (Å²) in [6.45, 7) is 6.20. The fourth-order valence-corrected chi connectivity index (χ4v) is 4.54. The third kappa shape index (κ3) is 4.54. The van der Waals surface area contributed by atoms with Crippen LogP contribution in [0.15, 0.2) is 95.1 Å². The van der Waals surface area contributed by atoms with Gasteiger partial charge in [-0.2, -0.15) is 0 Å². The number of Topliss-reactive ketones (excluding diaryl/α,β-unsaturated/α-hetero) is 1. The van der Waals surface area contributed by atoms with Gasteiger partial charge in [-0.15, -0.1) is 0 Å². The van der Waals surface area contributed by atoms with Crippen molar-refractivity contribution < 1.29 is 23.8 Å². The molecule has 6 nitrogen and oxygen atoms in total. The zero-order valence-electron chi connectivity index (χ0n) is 20.9. The summed E-state index contributed by atoms with van der Waals surface area (Å²) in [7, 11) is 0. The minimum atomic E-state index is -0.897. The Morgan fingerprint density at radius 3 is 2.35 bits per heavy atom. The standard InChI is InChI=1S/C31H27NO5/c1-19-11-13-24(17-20(19)2)32-28(26-10-7-15-36-26)27(30(34)31(32)35)29(33)23-12-14-25(21(3)16-23)37-18-22-8-5-4-6-9-22/h4-17,28,33H,18H2,1-3H3/b29-27-. The van der Waals surface area contributed by atoms with Crippen molar-refractivity contribution >= 4 is 23.1 Å². The van der Waals surface area contributed by atoms with Crippen molar-refractivity contribution in [1.82, 2.24) is 0 Å². The number of hydrogen-bond donors (Lipinski definition) is 1. The van der Waals surface area contributed by atoms with Crippen LogP contribution in [0, 0.1) is 20.8 Å². The lowest BCUT2D eigenvalue weighted by molar-refractivity contribution is -0.132. The molecule has 1 aliphatic heterocycles. The molecule has 0 radical (unpaired) electrons. The van der Waals surface area contributed by atoms with E-state index >= 15 is 0 Å². The number of benzene rings is 3. The van der Waals surface area contributed by atoms with Crippen LogP contribution in [-0.2, 0) is 16.2 Å². The van der Waals surface area contributed by atoms with Gasteiger partial charge >= 0.3 is 0 Å². The number of carbonyl (C=O) groups excluding carboxylic acids is 2. The fourth-order valence-electron chi connectivity index (χ4n) is 4.54. The van der Waals surface area contributed by atoms with E-state index in [0.29, 0.717) is 29.4 Å². The van der Waals surface area contributed by atoms with E-state index < -0.39 is 17.7 Å². The highest BCUT2D eigenvalue weighted by Crippen LogP contribution is 2.43. The Labute approximate surface area is 215 Å². The summed E-state index contributed by atoms with van der Waals surface area (Å²) in [5, 5.41) is 11.4. The molecule has 4 aromatic rings. The Morgan fingerprint density at radius 1 is 0.892 bits per heavy atom. The van der Waals surface area contributed by atoms with Gasteiger partial charge in [0.15, 0.2) is 0 Å². The summed E-state index contributed by atoms with van der Waals surface area (Å²) in [5.74, 6) is -0.689. The molecule has 0 spiro atoms. The molecular weight excluding hydrogens is 466 g/mol. The number of aryl methyl sites for hydroxylation is 3. The number of furan rings is 1. The molecule has 3 aromatic carbocycles. The second-order valence-corrected chi connectivity index (χ2v) is 9.21. The van der Waals surface area contributed by atoms with Crippen LogP contribution in [0.3, 0.4) is 0 Å². The van der Waals surface area contributed by atoms with Gasteiger partial charge in [0.2, 0.25) is 0 Å². The topological polar surface area (TPSA) is 80.0 Å². The summed E-state index contributed by atoms with van der Waals surface area (Å²) >= 11 is 0. The smallest absolute Gasteiger partial charge is 0.300 e. The summed E-state index contributed by atoms with van der Waals surface area (Å²) in [6.07, 6.45) is 1.48. The van der Waals surface area contributed by atoms with Crippen molar-refractivity contribution in [3.05, 3.63) is 124 Å². The molecule has 1 aromatic heterocycles. The summed E-state index contributed by atoms with van der Waals surface area (Å²) in [4.78, 5) is 28.0. The Kier molecular flexibility index (Phi) is 6.40. The molecule has 6 heteroatoms. The maximum absolute atomic E-state index is 13.3. The second-order valence-electron chi connectivity index (χ2n) is 9.21. The van der Waals surface area contributed by atoms with Crippen LogP contribution < -0.4 is 9.64 Å². The molecule has 1 N–H and O–H groups in total. The van der Waals surface area contributed by atoms with Crippen LogP contribution in [0.1, 0.15) is 39.6 Å². The number of rotatable bonds is 6. The lowest BCUT2D eigenvalue weighted by atomic mass is 9.98. The number of nitrogens with zero attached hydrogens (tertiary/aromatic N) is 1. The molecule has 2 heterocycles. The normalized spacial score (nSPS) is 16.8. The molecule has 0 aliphatic carbocycles. The van der Waals surface area contributed by atoms with Crippen molar-refractivity contribution in [3.8, 4) is 5.75 Å². The van der Waals surface area contributed by atoms with E-state index in [9.17, 15) is 14.7 Å². The Bertz CT molecular complexity index is 1500. The van der Waals surface area contributed by atoms with Crippen molar-refractivity contribution in [2.45, 2.75) is 33.4 Å². The first kappa shape index (κ1) is 24.1. The van der Waals surface area contributed by atoms with Crippen molar-refractivity contribution in [2.24, 2.45) is 0 Å². The molecule has 1 aliphatic rings. The highest BCUT2D eigenvalue weighted by Gasteiger charge is 2.48. The predicted molar refractivity (Wildman–Crippen MR) is 141 cm³/mol. The fraction of sp³-hybridized carbons (Fsp3) is 0.161. The Balaban J connectivity index is 1.53. The van der Waals surface area contributed by atoms with Gasteiger partial charge in [0.05, 0.1) is 11.8 Å². The molecule has 1 unspecified atom stereocenters. The predicted octanol–water partition coefficient (Wildman–Crippen LogP) is 6.41. The highest BCUT2D eigenvalue weighted by atomic mass is 16.5. The van der Waals surface area contributed by atoms with E-state index in [0.717, 1.165) is 22.3 Å². The van der Waals surface area contributed by atoms with Crippen LogP contribution >= 0.6 is 0 Å². The number of aliphatic hydroxyl groups excluding tert-OH is 1. The van der Waals surface area contributed by atoms with Gasteiger partial charge in [0.1, 0.15) is 29.9 Å². The molecule has 1 atom stereocenters. The number of carbonyl (C=O) groups is 2. The largest absolute Gasteiger partial charge is 0.507 e.